The molecule has 0 radical (unpaired) electrons. The fourth-order valence-corrected chi connectivity index (χ4v) is 8.61. The first kappa shape index (κ1) is 54.9. The van der Waals surface area contributed by atoms with E-state index in [4.69, 9.17) is 14.2 Å². The summed E-state index contributed by atoms with van der Waals surface area (Å²) in [6, 6.07) is 0. The molecule has 55 heavy (non-hydrogen) atoms. The van der Waals surface area contributed by atoms with E-state index in [1.54, 1.807) is 7.11 Å². The number of ether oxygens (including phenoxy) is 3. The molecule has 0 aliphatic carbocycles. The fourth-order valence-electron chi connectivity index (χ4n) is 8.61. The van der Waals surface area contributed by atoms with E-state index in [1.807, 2.05) is 0 Å². The Kier molecular flexibility index (Phi) is 34.6. The topological polar surface area (TPSA) is 27.7 Å². The maximum absolute atomic E-state index is 6.88. The van der Waals surface area contributed by atoms with Crippen LogP contribution in [0.25, 0.3) is 0 Å². The molecule has 0 rings (SSSR count). The molecule has 0 aromatic carbocycles. The molecule has 0 fully saturated rings. The standard InChI is InChI=1S/C52H106O3/c1-12-14-16-18-20-22-24-26-28-30-32-34-36-38-40-48(41-39-37-35-33-31-29-27-25-23-21-19-17-15-13-2)54-47-50(5,6)46-49(3,4)42-43-52(9,10)55-45-44-51(7,8)53-11/h48H,12-47H2,1-11H3. The predicted molar refractivity (Wildman–Crippen MR) is 247 cm³/mol. The molecule has 0 aliphatic rings. The van der Waals surface area contributed by atoms with Gasteiger partial charge in [0.2, 0.25) is 0 Å². The third-order valence-electron chi connectivity index (χ3n) is 12.6. The van der Waals surface area contributed by atoms with Gasteiger partial charge in [-0.15, -0.1) is 0 Å². The third kappa shape index (κ3) is 37.9. The van der Waals surface area contributed by atoms with E-state index in [2.05, 4.69) is 69.2 Å². The molecule has 0 saturated heterocycles. The predicted octanol–water partition coefficient (Wildman–Crippen LogP) is 17.9. The zero-order chi connectivity index (χ0) is 41.2. The number of hydrogen-bond acceptors (Lipinski definition) is 3. The van der Waals surface area contributed by atoms with Crippen LogP contribution in [0.4, 0.5) is 0 Å². The van der Waals surface area contributed by atoms with E-state index in [1.165, 1.54) is 205 Å². The van der Waals surface area contributed by atoms with Gasteiger partial charge in [-0.2, -0.15) is 0 Å². The molecule has 3 nitrogen and oxygen atoms in total. The lowest BCUT2D eigenvalue weighted by Gasteiger charge is -2.38. The van der Waals surface area contributed by atoms with Crippen molar-refractivity contribution >= 4 is 0 Å². The molecule has 0 amide bonds. The molecule has 3 heteroatoms. The van der Waals surface area contributed by atoms with Crippen LogP contribution in [0.2, 0.25) is 0 Å². The highest BCUT2D eigenvalue weighted by molar-refractivity contribution is 4.83. The molecular weight excluding hydrogens is 673 g/mol. The SMILES string of the molecule is CCCCCCCCCCCCCCCCC(CCCCCCCCCCCCCCCC)OCC(C)(C)CC(C)(C)CCC(C)(C)OCCC(C)(C)OC. The summed E-state index contributed by atoms with van der Waals surface area (Å²) < 4.78 is 18.9. The van der Waals surface area contributed by atoms with Crippen molar-refractivity contribution in [3.05, 3.63) is 0 Å². The quantitative estimate of drug-likeness (QED) is 0.0577. The Balaban J connectivity index is 4.63. The lowest BCUT2D eigenvalue weighted by molar-refractivity contribution is -0.0674. The Hall–Kier alpha value is -0.120. The van der Waals surface area contributed by atoms with E-state index in [-0.39, 0.29) is 22.0 Å². The molecule has 0 spiro atoms. The number of unbranched alkanes of at least 4 members (excludes halogenated alkanes) is 26. The van der Waals surface area contributed by atoms with Crippen LogP contribution in [0.5, 0.6) is 0 Å². The van der Waals surface area contributed by atoms with E-state index >= 15 is 0 Å². The average Bonchev–Trinajstić information content (AvgIpc) is 3.12. The highest BCUT2D eigenvalue weighted by atomic mass is 16.5. The van der Waals surface area contributed by atoms with Gasteiger partial charge in [0.15, 0.2) is 0 Å². The summed E-state index contributed by atoms with van der Waals surface area (Å²) in [6.07, 6.45) is 47.2. The van der Waals surface area contributed by atoms with Crippen LogP contribution in [-0.2, 0) is 14.2 Å². The van der Waals surface area contributed by atoms with Gasteiger partial charge in [-0.25, -0.2) is 0 Å². The monoisotopic (exact) mass is 779 g/mol. The van der Waals surface area contributed by atoms with Gasteiger partial charge < -0.3 is 14.2 Å². The molecule has 0 unspecified atom stereocenters. The first-order chi connectivity index (χ1) is 26.2. The van der Waals surface area contributed by atoms with E-state index in [0.717, 1.165) is 26.1 Å². The van der Waals surface area contributed by atoms with Gasteiger partial charge in [0, 0.05) is 7.11 Å². The highest BCUT2D eigenvalue weighted by Gasteiger charge is 2.32. The van der Waals surface area contributed by atoms with Crippen molar-refractivity contribution in [3.63, 3.8) is 0 Å². The van der Waals surface area contributed by atoms with Gasteiger partial charge in [0.1, 0.15) is 0 Å². The molecular formula is C52H106O3. The minimum absolute atomic E-state index is 0.117. The summed E-state index contributed by atoms with van der Waals surface area (Å²) in [5.41, 5.74) is 0.169. The molecule has 0 bridgehead atoms. The Morgan fingerprint density at radius 3 is 1.07 bits per heavy atom. The van der Waals surface area contributed by atoms with Crippen LogP contribution < -0.4 is 0 Å². The van der Waals surface area contributed by atoms with Crippen molar-refractivity contribution in [3.8, 4) is 0 Å². The molecule has 0 N–H and O–H groups in total. The van der Waals surface area contributed by atoms with E-state index < -0.39 is 0 Å². The van der Waals surface area contributed by atoms with Gasteiger partial charge in [-0.05, 0) is 77.0 Å². The van der Waals surface area contributed by atoms with E-state index in [9.17, 15) is 0 Å². The minimum atomic E-state index is -0.129. The fraction of sp³-hybridized carbons (Fsp3) is 1.00. The number of rotatable bonds is 43. The molecule has 0 aliphatic heterocycles. The molecule has 0 aromatic rings. The van der Waals surface area contributed by atoms with Crippen LogP contribution in [0.3, 0.4) is 0 Å². The Bertz CT molecular complexity index is 767. The van der Waals surface area contributed by atoms with Gasteiger partial charge >= 0.3 is 0 Å². The first-order valence-electron chi connectivity index (χ1n) is 25.0. The van der Waals surface area contributed by atoms with Gasteiger partial charge in [-0.3, -0.25) is 0 Å². The summed E-state index contributed by atoms with van der Waals surface area (Å²) in [6.45, 7) is 24.8. The van der Waals surface area contributed by atoms with Crippen LogP contribution in [0.1, 0.15) is 288 Å². The second-order valence-corrected chi connectivity index (χ2v) is 21.0. The summed E-state index contributed by atoms with van der Waals surface area (Å²) in [4.78, 5) is 0. The van der Waals surface area contributed by atoms with Crippen LogP contribution in [-0.4, -0.2) is 37.6 Å². The number of hydrogen-bond donors (Lipinski definition) is 0. The summed E-state index contributed by atoms with van der Waals surface area (Å²) in [5.74, 6) is 0. The highest BCUT2D eigenvalue weighted by Crippen LogP contribution is 2.39. The summed E-state index contributed by atoms with van der Waals surface area (Å²) in [5, 5.41) is 0. The maximum atomic E-state index is 6.88. The molecule has 0 atom stereocenters. The summed E-state index contributed by atoms with van der Waals surface area (Å²) >= 11 is 0. The normalized spacial score (nSPS) is 13.1. The minimum Gasteiger partial charge on any atom is -0.379 e. The molecule has 0 saturated carbocycles. The molecule has 0 aromatic heterocycles. The Morgan fingerprint density at radius 2 is 0.727 bits per heavy atom. The van der Waals surface area contributed by atoms with Crippen molar-refractivity contribution in [2.24, 2.45) is 10.8 Å². The van der Waals surface area contributed by atoms with Gasteiger partial charge in [0.05, 0.1) is 30.5 Å². The van der Waals surface area contributed by atoms with Crippen LogP contribution in [0, 0.1) is 10.8 Å². The van der Waals surface area contributed by atoms with Crippen molar-refractivity contribution in [1.29, 1.82) is 0 Å². The van der Waals surface area contributed by atoms with Crippen molar-refractivity contribution in [2.75, 3.05) is 20.3 Å². The van der Waals surface area contributed by atoms with Gasteiger partial charge in [0.25, 0.3) is 0 Å². The Morgan fingerprint density at radius 1 is 0.382 bits per heavy atom. The van der Waals surface area contributed by atoms with Crippen LogP contribution in [0.15, 0.2) is 0 Å². The molecule has 332 valence electrons. The van der Waals surface area contributed by atoms with Crippen molar-refractivity contribution < 1.29 is 14.2 Å². The largest absolute Gasteiger partial charge is 0.379 e. The Labute approximate surface area is 349 Å². The second kappa shape index (κ2) is 34.7. The van der Waals surface area contributed by atoms with Crippen molar-refractivity contribution in [1.82, 2.24) is 0 Å². The number of methoxy groups -OCH3 is 1. The first-order valence-corrected chi connectivity index (χ1v) is 25.0. The summed E-state index contributed by atoms with van der Waals surface area (Å²) in [7, 11) is 1.79. The lowest BCUT2D eigenvalue weighted by atomic mass is 9.72. The van der Waals surface area contributed by atoms with E-state index in [0.29, 0.717) is 6.10 Å². The zero-order valence-electron chi connectivity index (χ0n) is 40.3. The smallest absolute Gasteiger partial charge is 0.0644 e. The lowest BCUT2D eigenvalue weighted by Crippen LogP contribution is -2.33. The third-order valence-corrected chi connectivity index (χ3v) is 12.6. The average molecular weight is 779 g/mol. The zero-order valence-corrected chi connectivity index (χ0v) is 40.3. The maximum Gasteiger partial charge on any atom is 0.0644 e. The second-order valence-electron chi connectivity index (χ2n) is 21.0. The van der Waals surface area contributed by atoms with Crippen molar-refractivity contribution in [2.45, 2.75) is 305 Å². The molecule has 0 heterocycles. The van der Waals surface area contributed by atoms with Gasteiger partial charge in [-0.1, -0.05) is 221 Å². The van der Waals surface area contributed by atoms with Crippen LogP contribution >= 0.6 is 0 Å².